The van der Waals surface area contributed by atoms with Gasteiger partial charge >= 0.3 is 0 Å². The van der Waals surface area contributed by atoms with Crippen molar-refractivity contribution in [3.8, 4) is 0 Å². The highest BCUT2D eigenvalue weighted by molar-refractivity contribution is 5.38. The van der Waals surface area contributed by atoms with Crippen LogP contribution in [0.25, 0.3) is 0 Å². The van der Waals surface area contributed by atoms with E-state index in [1.54, 1.807) is 0 Å². The van der Waals surface area contributed by atoms with Gasteiger partial charge in [-0.05, 0) is 38.4 Å². The van der Waals surface area contributed by atoms with E-state index in [0.29, 0.717) is 0 Å². The number of rotatable bonds is 5. The van der Waals surface area contributed by atoms with Crippen LogP contribution in [0.1, 0.15) is 47.5 Å². The van der Waals surface area contributed by atoms with Gasteiger partial charge < -0.3 is 5.32 Å². The molecule has 0 fully saturated rings. The van der Waals surface area contributed by atoms with Gasteiger partial charge in [-0.15, -0.1) is 0 Å². The first-order valence-corrected chi connectivity index (χ1v) is 7.34. The molecule has 1 unspecified atom stereocenters. The molecule has 3 heteroatoms. The molecule has 0 radical (unpaired) electrons. The summed E-state index contributed by atoms with van der Waals surface area (Å²) in [5.74, 6) is 0. The van der Waals surface area contributed by atoms with Crippen molar-refractivity contribution >= 4 is 0 Å². The molecule has 1 aromatic heterocycles. The molecule has 2 rings (SSSR count). The van der Waals surface area contributed by atoms with Gasteiger partial charge in [0.25, 0.3) is 0 Å². The van der Waals surface area contributed by atoms with Crippen molar-refractivity contribution in [3.05, 3.63) is 52.3 Å². The van der Waals surface area contributed by atoms with Crippen LogP contribution in [0, 0.1) is 13.8 Å². The van der Waals surface area contributed by atoms with Crippen LogP contribution in [-0.2, 0) is 13.5 Å². The summed E-state index contributed by atoms with van der Waals surface area (Å²) in [7, 11) is 4.01. The van der Waals surface area contributed by atoms with Crippen LogP contribution >= 0.6 is 0 Å². The summed E-state index contributed by atoms with van der Waals surface area (Å²) in [6, 6.07) is 9.16. The van der Waals surface area contributed by atoms with Gasteiger partial charge in [0.2, 0.25) is 0 Å². The van der Waals surface area contributed by atoms with Gasteiger partial charge in [0.05, 0.1) is 11.7 Å². The maximum absolute atomic E-state index is 4.53. The zero-order valence-corrected chi connectivity index (χ0v) is 13.2. The Balaban J connectivity index is 2.36. The summed E-state index contributed by atoms with van der Waals surface area (Å²) in [5.41, 5.74) is 6.32. The van der Waals surface area contributed by atoms with Gasteiger partial charge in [0, 0.05) is 18.3 Å². The Morgan fingerprint density at radius 3 is 2.30 bits per heavy atom. The van der Waals surface area contributed by atoms with E-state index in [1.165, 1.54) is 28.8 Å². The Hall–Kier alpha value is -1.61. The lowest BCUT2D eigenvalue weighted by Gasteiger charge is -2.18. The minimum atomic E-state index is 0.208. The van der Waals surface area contributed by atoms with Crippen LogP contribution in [0.2, 0.25) is 0 Å². The topological polar surface area (TPSA) is 29.9 Å². The number of aromatic nitrogens is 2. The Bertz CT molecular complexity index is 567. The molecule has 0 spiro atoms. The molecule has 0 amide bonds. The van der Waals surface area contributed by atoms with Crippen LogP contribution < -0.4 is 5.32 Å². The number of hydrogen-bond acceptors (Lipinski definition) is 2. The minimum absolute atomic E-state index is 0.208. The highest BCUT2D eigenvalue weighted by Gasteiger charge is 2.20. The molecule has 1 heterocycles. The Morgan fingerprint density at radius 1 is 1.20 bits per heavy atom. The molecule has 0 saturated carbocycles. The zero-order valence-electron chi connectivity index (χ0n) is 13.2. The fraction of sp³-hybridized carbons (Fsp3) is 0.471. The SMILES string of the molecule is CCCc1ccc(C(NC)c2c(C)nn(C)c2C)cc1. The van der Waals surface area contributed by atoms with Gasteiger partial charge in [0.1, 0.15) is 0 Å². The van der Waals surface area contributed by atoms with Crippen LogP contribution in [0.5, 0.6) is 0 Å². The largest absolute Gasteiger partial charge is 0.309 e. The first kappa shape index (κ1) is 14.8. The van der Waals surface area contributed by atoms with Crippen LogP contribution in [0.15, 0.2) is 24.3 Å². The lowest BCUT2D eigenvalue weighted by Crippen LogP contribution is -2.19. The van der Waals surface area contributed by atoms with Crippen molar-refractivity contribution in [2.45, 2.75) is 39.7 Å². The molecule has 3 nitrogen and oxygen atoms in total. The third-order valence-corrected chi connectivity index (χ3v) is 3.99. The predicted molar refractivity (Wildman–Crippen MR) is 84.0 cm³/mol. The summed E-state index contributed by atoms with van der Waals surface area (Å²) in [4.78, 5) is 0. The average Bonchev–Trinajstić information content (AvgIpc) is 2.68. The van der Waals surface area contributed by atoms with E-state index in [9.17, 15) is 0 Å². The van der Waals surface area contributed by atoms with Gasteiger partial charge in [-0.1, -0.05) is 37.6 Å². The molecule has 0 bridgehead atoms. The van der Waals surface area contributed by atoms with Crippen molar-refractivity contribution in [3.63, 3.8) is 0 Å². The lowest BCUT2D eigenvalue weighted by atomic mass is 9.96. The van der Waals surface area contributed by atoms with Crippen molar-refractivity contribution in [2.24, 2.45) is 7.05 Å². The van der Waals surface area contributed by atoms with E-state index in [0.717, 1.165) is 12.1 Å². The second-order valence-electron chi connectivity index (χ2n) is 5.42. The zero-order chi connectivity index (χ0) is 14.7. The number of nitrogens with zero attached hydrogens (tertiary/aromatic N) is 2. The van der Waals surface area contributed by atoms with E-state index in [2.05, 4.69) is 55.5 Å². The molecule has 20 heavy (non-hydrogen) atoms. The quantitative estimate of drug-likeness (QED) is 0.904. The fourth-order valence-electron chi connectivity index (χ4n) is 2.85. The first-order valence-electron chi connectivity index (χ1n) is 7.34. The number of aryl methyl sites for hydroxylation is 3. The van der Waals surface area contributed by atoms with Gasteiger partial charge in [0.15, 0.2) is 0 Å². The molecule has 1 atom stereocenters. The van der Waals surface area contributed by atoms with Gasteiger partial charge in [-0.2, -0.15) is 5.10 Å². The second kappa shape index (κ2) is 6.23. The summed E-state index contributed by atoms with van der Waals surface area (Å²) in [6.45, 7) is 6.43. The Morgan fingerprint density at radius 2 is 1.85 bits per heavy atom. The van der Waals surface area contributed by atoms with Crippen molar-refractivity contribution in [1.82, 2.24) is 15.1 Å². The highest BCUT2D eigenvalue weighted by Crippen LogP contribution is 2.27. The van der Waals surface area contributed by atoms with Crippen molar-refractivity contribution in [1.29, 1.82) is 0 Å². The van der Waals surface area contributed by atoms with E-state index in [1.807, 2.05) is 18.8 Å². The molecule has 0 aliphatic heterocycles. The predicted octanol–water partition coefficient (Wildman–Crippen LogP) is 3.30. The summed E-state index contributed by atoms with van der Waals surface area (Å²) >= 11 is 0. The van der Waals surface area contributed by atoms with Crippen molar-refractivity contribution < 1.29 is 0 Å². The number of nitrogens with one attached hydrogen (secondary N) is 1. The van der Waals surface area contributed by atoms with E-state index in [4.69, 9.17) is 0 Å². The summed E-state index contributed by atoms with van der Waals surface area (Å²) in [5, 5.41) is 7.96. The van der Waals surface area contributed by atoms with Gasteiger partial charge in [-0.25, -0.2) is 0 Å². The maximum atomic E-state index is 4.53. The summed E-state index contributed by atoms with van der Waals surface area (Å²) < 4.78 is 1.96. The molecular weight excluding hydrogens is 246 g/mol. The maximum Gasteiger partial charge on any atom is 0.0647 e. The number of benzene rings is 1. The highest BCUT2D eigenvalue weighted by atomic mass is 15.3. The molecule has 1 aromatic carbocycles. The minimum Gasteiger partial charge on any atom is -0.309 e. The molecule has 1 N–H and O–H groups in total. The van der Waals surface area contributed by atoms with Crippen LogP contribution in [-0.4, -0.2) is 16.8 Å². The Labute approximate surface area is 122 Å². The van der Waals surface area contributed by atoms with E-state index >= 15 is 0 Å². The molecule has 108 valence electrons. The molecule has 0 aliphatic carbocycles. The van der Waals surface area contributed by atoms with Crippen LogP contribution in [0.4, 0.5) is 0 Å². The average molecular weight is 271 g/mol. The lowest BCUT2D eigenvalue weighted by molar-refractivity contribution is 0.677. The summed E-state index contributed by atoms with van der Waals surface area (Å²) in [6.07, 6.45) is 2.34. The normalized spacial score (nSPS) is 12.7. The van der Waals surface area contributed by atoms with Crippen LogP contribution in [0.3, 0.4) is 0 Å². The van der Waals surface area contributed by atoms with Gasteiger partial charge in [-0.3, -0.25) is 4.68 Å². The second-order valence-corrected chi connectivity index (χ2v) is 5.42. The number of hydrogen-bond donors (Lipinski definition) is 1. The van der Waals surface area contributed by atoms with E-state index in [-0.39, 0.29) is 6.04 Å². The third-order valence-electron chi connectivity index (χ3n) is 3.99. The van der Waals surface area contributed by atoms with Crippen molar-refractivity contribution in [2.75, 3.05) is 7.05 Å². The monoisotopic (exact) mass is 271 g/mol. The standard InChI is InChI=1S/C17H25N3/c1-6-7-14-8-10-15(11-9-14)17(18-4)16-12(2)19-20(5)13(16)3/h8-11,17-18H,6-7H2,1-5H3. The first-order chi connectivity index (χ1) is 9.58. The Kier molecular flexibility index (Phi) is 4.61. The molecule has 2 aromatic rings. The molecule has 0 aliphatic rings. The molecule has 0 saturated heterocycles. The van der Waals surface area contributed by atoms with E-state index < -0.39 is 0 Å². The molecular formula is C17H25N3. The smallest absolute Gasteiger partial charge is 0.0647 e. The fourth-order valence-corrected chi connectivity index (χ4v) is 2.85. The third kappa shape index (κ3) is 2.78.